The molecule has 0 bridgehead atoms. The molecule has 0 amide bonds. The van der Waals surface area contributed by atoms with E-state index in [-0.39, 0.29) is 51.4 Å². The van der Waals surface area contributed by atoms with Gasteiger partial charge in [0.15, 0.2) is 0 Å². The molecule has 72 valence electrons. The number of halogens is 1. The molecule has 0 fully saturated rings. The summed E-state index contributed by atoms with van der Waals surface area (Å²) in [7, 11) is -4.94. The Hall–Kier alpha value is 0.619. The summed E-state index contributed by atoms with van der Waals surface area (Å²) in [5, 5.41) is 16.7. The van der Waals surface area contributed by atoms with Gasteiger partial charge in [-0.25, -0.2) is 18.6 Å². The number of carboxylic acid groups (broad SMARTS) is 2. The molecule has 9 nitrogen and oxygen atoms in total. The fourth-order valence-electron chi connectivity index (χ4n) is 0. The molecule has 0 aliphatic carbocycles. The number of hydrogen-bond donors (Lipinski definition) is 0. The first kappa shape index (κ1) is 37.4. The standard InChI is InChI=1S/CH2O3.Al.ClHO4.Mg.2H2O/c2-1(3)4;;2-1(3,4)5;;;/h(H2,2,3,4);;(H,2,3,4,5);;2*1H2/q;+3;;+2;;/p-4. The third-order valence-electron chi connectivity index (χ3n) is 0. The summed E-state index contributed by atoms with van der Waals surface area (Å²) in [5.74, 6) is 0. The van der Waals surface area contributed by atoms with E-state index in [2.05, 4.69) is 0 Å². The average molecular weight is 246 g/mol. The van der Waals surface area contributed by atoms with Crippen LogP contribution in [-0.4, -0.2) is 57.5 Å². The van der Waals surface area contributed by atoms with E-state index < -0.39 is 16.4 Å². The Morgan fingerprint density at radius 2 is 1.00 bits per heavy atom. The van der Waals surface area contributed by atoms with Gasteiger partial charge in [0.2, 0.25) is 0 Å². The van der Waals surface area contributed by atoms with Crippen LogP contribution in [0.4, 0.5) is 4.79 Å². The van der Waals surface area contributed by atoms with Crippen LogP contribution in [0.25, 0.3) is 0 Å². The Bertz CT molecular complexity index is 82.1. The van der Waals surface area contributed by atoms with Crippen LogP contribution < -0.4 is 28.8 Å². The fraction of sp³-hybridized carbons (Fsp3) is 0. The topological polar surface area (TPSA) is 217 Å². The van der Waals surface area contributed by atoms with Crippen molar-refractivity contribution in [2.45, 2.75) is 0 Å². The normalized spacial score (nSPS) is 6.46. The molecular weight excluding hydrogens is 243 g/mol. The van der Waals surface area contributed by atoms with Crippen molar-refractivity contribution < 1.29 is 54.8 Å². The first-order valence-corrected chi connectivity index (χ1v) is 2.46. The summed E-state index contributed by atoms with van der Waals surface area (Å²) in [6.07, 6.45) is -2.33. The molecule has 0 heterocycles. The van der Waals surface area contributed by atoms with Crippen molar-refractivity contribution in [3.8, 4) is 0 Å². The second-order valence-corrected chi connectivity index (χ2v) is 1.38. The van der Waals surface area contributed by atoms with E-state index >= 15 is 0 Å². The largest absolute Gasteiger partial charge is 3.00 e. The van der Waals surface area contributed by atoms with Gasteiger partial charge in [-0.2, -0.15) is 0 Å². The maximum atomic E-state index is 8.49. The molecule has 0 aromatic heterocycles. The van der Waals surface area contributed by atoms with Crippen molar-refractivity contribution in [3.63, 3.8) is 0 Å². The van der Waals surface area contributed by atoms with E-state index in [4.69, 9.17) is 33.6 Å². The molecule has 0 aliphatic heterocycles. The molecule has 0 atom stereocenters. The third-order valence-corrected chi connectivity index (χ3v) is 0. The molecule has 0 aliphatic rings. The van der Waals surface area contributed by atoms with Gasteiger partial charge in [-0.3, -0.25) is 0 Å². The predicted octanol–water partition coefficient (Wildman–Crippen LogP) is -8.97. The molecule has 3 N–H and O–H groups in total. The van der Waals surface area contributed by atoms with E-state index in [1.165, 1.54) is 0 Å². The summed E-state index contributed by atoms with van der Waals surface area (Å²) < 4.78 is 34.0. The zero-order valence-electron chi connectivity index (χ0n) is 5.97. The van der Waals surface area contributed by atoms with Crippen LogP contribution in [0.1, 0.15) is 0 Å². The second kappa shape index (κ2) is 18.4. The Balaban J connectivity index is -0.0000000146. The summed E-state index contributed by atoms with van der Waals surface area (Å²) >= 11 is 0. The zero-order valence-corrected chi connectivity index (χ0v) is 9.29. The minimum absolute atomic E-state index is 0. The van der Waals surface area contributed by atoms with Crippen LogP contribution in [0.15, 0.2) is 0 Å². The summed E-state index contributed by atoms with van der Waals surface area (Å²) in [4.78, 5) is 8.33. The number of hydrogen-bond acceptors (Lipinski definition) is 8. The van der Waals surface area contributed by atoms with Crippen molar-refractivity contribution in [1.82, 2.24) is 0 Å². The van der Waals surface area contributed by atoms with Crippen molar-refractivity contribution >= 4 is 46.6 Å². The van der Waals surface area contributed by atoms with Gasteiger partial charge in [0, 0.05) is 0 Å². The van der Waals surface area contributed by atoms with Gasteiger partial charge in [0.05, 0.1) is 0 Å². The molecule has 13 heavy (non-hydrogen) atoms. The predicted molar refractivity (Wildman–Crippen MR) is 22.5 cm³/mol. The van der Waals surface area contributed by atoms with Gasteiger partial charge in [0.1, 0.15) is 0 Å². The monoisotopic (exact) mass is 245 g/mol. The summed E-state index contributed by atoms with van der Waals surface area (Å²) in [6.45, 7) is 0. The second-order valence-electron chi connectivity index (χ2n) is 0.628. The molecule has 0 unspecified atom stereocenters. The number of rotatable bonds is 0. The van der Waals surface area contributed by atoms with Gasteiger partial charge in [-0.1, -0.05) is 0 Å². The van der Waals surface area contributed by atoms with Crippen LogP contribution >= 0.6 is 0 Å². The molecule has 0 rings (SSSR count). The van der Waals surface area contributed by atoms with E-state index in [1.807, 2.05) is 0 Å². The molecular formula is CH3AlClMgO9+. The van der Waals surface area contributed by atoms with E-state index in [0.29, 0.717) is 0 Å². The molecule has 12 heteroatoms. The molecule has 0 saturated carbocycles. The Kier molecular flexibility index (Phi) is 52.9. The van der Waals surface area contributed by atoms with Gasteiger partial charge < -0.3 is 26.0 Å². The van der Waals surface area contributed by atoms with Crippen LogP contribution in [0, 0.1) is 10.2 Å². The summed E-state index contributed by atoms with van der Waals surface area (Å²) in [6, 6.07) is 0. The van der Waals surface area contributed by atoms with Gasteiger partial charge in [-0.15, -0.1) is 10.2 Å². The molecule has 0 saturated heterocycles. The van der Waals surface area contributed by atoms with E-state index in [9.17, 15) is 0 Å². The molecule has 0 radical (unpaired) electrons. The van der Waals surface area contributed by atoms with Crippen LogP contribution in [0.3, 0.4) is 0 Å². The Morgan fingerprint density at radius 1 is 1.00 bits per heavy atom. The zero-order chi connectivity index (χ0) is 8.08. The third kappa shape index (κ3) is 3720. The van der Waals surface area contributed by atoms with Crippen molar-refractivity contribution in [2.24, 2.45) is 0 Å². The van der Waals surface area contributed by atoms with Gasteiger partial charge >= 0.3 is 40.4 Å². The molecule has 0 spiro atoms. The first-order chi connectivity index (χ1) is 3.73. The van der Waals surface area contributed by atoms with Crippen molar-refractivity contribution in [1.29, 1.82) is 0 Å². The van der Waals surface area contributed by atoms with E-state index in [1.54, 1.807) is 0 Å². The van der Waals surface area contributed by atoms with E-state index in [0.717, 1.165) is 0 Å². The quantitative estimate of drug-likeness (QED) is 0.372. The average Bonchev–Trinajstić information content (AvgIpc) is 1.19. The Morgan fingerprint density at radius 3 is 1.00 bits per heavy atom. The van der Waals surface area contributed by atoms with Gasteiger partial charge in [-0.05, 0) is 6.16 Å². The minimum atomic E-state index is -4.94. The maximum absolute atomic E-state index is 8.49. The van der Waals surface area contributed by atoms with Gasteiger partial charge in [0.25, 0.3) is 0 Å². The molecule has 0 aromatic carbocycles. The number of carbonyl (C=O) groups is 1. The number of carbonyl (C=O) groups excluding carboxylic acids is 1. The minimum Gasteiger partial charge on any atom is -0.870 e. The van der Waals surface area contributed by atoms with Crippen LogP contribution in [0.2, 0.25) is 0 Å². The Labute approximate surface area is 101 Å². The van der Waals surface area contributed by atoms with Crippen molar-refractivity contribution in [3.05, 3.63) is 0 Å². The van der Waals surface area contributed by atoms with Crippen LogP contribution in [0.5, 0.6) is 0 Å². The SMILES string of the molecule is O.O=C([O-])[O-].[Al+3].[Mg+2].[O-][Cl+3]([O-])([O-])[O-].[OH-]. The first-order valence-electron chi connectivity index (χ1n) is 1.23. The maximum Gasteiger partial charge on any atom is 3.00 e. The fourth-order valence-corrected chi connectivity index (χ4v) is 0. The smallest absolute Gasteiger partial charge is 0.870 e. The van der Waals surface area contributed by atoms with Crippen molar-refractivity contribution in [2.75, 3.05) is 0 Å². The molecule has 0 aromatic rings. The summed E-state index contributed by atoms with van der Waals surface area (Å²) in [5.41, 5.74) is 0. The van der Waals surface area contributed by atoms with Crippen LogP contribution in [-0.2, 0) is 0 Å².